The summed E-state index contributed by atoms with van der Waals surface area (Å²) in [6.45, 7) is 3.79. The van der Waals surface area contributed by atoms with Crippen molar-refractivity contribution >= 4 is 16.8 Å². The van der Waals surface area contributed by atoms with Crippen molar-refractivity contribution in [3.05, 3.63) is 36.0 Å². The summed E-state index contributed by atoms with van der Waals surface area (Å²) in [5, 5.41) is 1.16. The zero-order valence-electron chi connectivity index (χ0n) is 9.86. The molecule has 0 fully saturated rings. The molecule has 0 bridgehead atoms. The lowest BCUT2D eigenvalue weighted by atomic mass is 10.2. The molecule has 0 aliphatic heterocycles. The van der Waals surface area contributed by atoms with E-state index in [1.165, 1.54) is 0 Å². The van der Waals surface area contributed by atoms with Crippen LogP contribution in [0.2, 0.25) is 0 Å². The number of unbranched alkanes of at least 4 members (excludes halogenated alkanes) is 1. The van der Waals surface area contributed by atoms with Crippen molar-refractivity contribution in [3.63, 3.8) is 0 Å². The predicted octanol–water partition coefficient (Wildman–Crippen LogP) is 3.64. The Bertz CT molecular complexity index is 510. The second-order valence-corrected chi connectivity index (χ2v) is 4.15. The zero-order chi connectivity index (χ0) is 11.5. The lowest BCUT2D eigenvalue weighted by Gasteiger charge is -2.05. The molecule has 16 heavy (non-hydrogen) atoms. The first-order chi connectivity index (χ1) is 7.74. The van der Waals surface area contributed by atoms with Crippen LogP contribution in [0.5, 0.6) is 0 Å². The van der Waals surface area contributed by atoms with Crippen molar-refractivity contribution in [2.45, 2.75) is 33.1 Å². The van der Waals surface area contributed by atoms with Crippen molar-refractivity contribution in [3.8, 4) is 0 Å². The largest absolute Gasteiger partial charge is 0.284 e. The van der Waals surface area contributed by atoms with Gasteiger partial charge >= 0.3 is 0 Å². The number of aromatic nitrogens is 1. The first-order valence-corrected chi connectivity index (χ1v) is 5.84. The molecular formula is C14H17NO. The number of para-hydroxylation sites is 1. The Morgan fingerprint density at radius 3 is 2.75 bits per heavy atom. The summed E-state index contributed by atoms with van der Waals surface area (Å²) >= 11 is 0. The van der Waals surface area contributed by atoms with Crippen LogP contribution in [-0.2, 0) is 6.42 Å². The molecule has 0 atom stereocenters. The van der Waals surface area contributed by atoms with Crippen molar-refractivity contribution < 1.29 is 4.79 Å². The molecule has 0 aliphatic carbocycles. The number of hydrogen-bond acceptors (Lipinski definition) is 1. The highest BCUT2D eigenvalue weighted by atomic mass is 16.1. The molecule has 0 saturated heterocycles. The molecule has 0 spiro atoms. The molecule has 0 unspecified atom stereocenters. The summed E-state index contributed by atoms with van der Waals surface area (Å²) in [5.41, 5.74) is 2.16. The van der Waals surface area contributed by atoms with Crippen LogP contribution in [-0.4, -0.2) is 10.5 Å². The van der Waals surface area contributed by atoms with Gasteiger partial charge in [0, 0.05) is 18.0 Å². The van der Waals surface area contributed by atoms with E-state index in [1.807, 2.05) is 22.8 Å². The van der Waals surface area contributed by atoms with Crippen LogP contribution in [0.1, 0.15) is 37.2 Å². The van der Waals surface area contributed by atoms with Crippen LogP contribution in [0.15, 0.2) is 30.3 Å². The van der Waals surface area contributed by atoms with Gasteiger partial charge in [0.05, 0.1) is 5.52 Å². The molecule has 0 radical (unpaired) electrons. The Morgan fingerprint density at radius 1 is 1.31 bits per heavy atom. The first kappa shape index (κ1) is 10.9. The lowest BCUT2D eigenvalue weighted by molar-refractivity contribution is 0.0938. The highest BCUT2D eigenvalue weighted by Crippen LogP contribution is 2.21. The summed E-state index contributed by atoms with van der Waals surface area (Å²) in [6, 6.07) is 10.2. The van der Waals surface area contributed by atoms with E-state index in [-0.39, 0.29) is 5.91 Å². The number of carbonyl (C=O) groups is 1. The van der Waals surface area contributed by atoms with Crippen LogP contribution in [0.4, 0.5) is 0 Å². The van der Waals surface area contributed by atoms with Gasteiger partial charge in [-0.25, -0.2) is 0 Å². The van der Waals surface area contributed by atoms with E-state index in [0.717, 1.165) is 35.9 Å². The standard InChI is InChI=1S/C14H17NO/c1-3-4-8-13-10-12-7-5-6-9-14(12)15(13)11(2)16/h5-7,9-10H,3-4,8H2,1-2H3. The molecule has 1 aromatic heterocycles. The van der Waals surface area contributed by atoms with Crippen LogP contribution >= 0.6 is 0 Å². The van der Waals surface area contributed by atoms with Gasteiger partial charge in [0.25, 0.3) is 0 Å². The van der Waals surface area contributed by atoms with Crippen LogP contribution in [0, 0.1) is 0 Å². The van der Waals surface area contributed by atoms with Crippen molar-refractivity contribution in [2.75, 3.05) is 0 Å². The molecule has 0 saturated carbocycles. The molecule has 0 aliphatic rings. The topological polar surface area (TPSA) is 22.0 Å². The zero-order valence-corrected chi connectivity index (χ0v) is 9.86. The van der Waals surface area contributed by atoms with Crippen molar-refractivity contribution in [1.82, 2.24) is 4.57 Å². The summed E-state index contributed by atoms with van der Waals surface area (Å²) in [5.74, 6) is 0.104. The predicted molar refractivity (Wildman–Crippen MR) is 66.9 cm³/mol. The number of hydrogen-bond donors (Lipinski definition) is 0. The number of rotatable bonds is 3. The Labute approximate surface area is 95.9 Å². The first-order valence-electron chi connectivity index (χ1n) is 5.84. The maximum atomic E-state index is 11.7. The van der Waals surface area contributed by atoms with E-state index < -0.39 is 0 Å². The molecule has 84 valence electrons. The molecular weight excluding hydrogens is 198 g/mol. The fraction of sp³-hybridized carbons (Fsp3) is 0.357. The molecule has 2 heteroatoms. The molecule has 0 N–H and O–H groups in total. The minimum absolute atomic E-state index is 0.104. The van der Waals surface area contributed by atoms with Gasteiger partial charge in [-0.05, 0) is 25.0 Å². The Morgan fingerprint density at radius 2 is 2.06 bits per heavy atom. The minimum atomic E-state index is 0.104. The fourth-order valence-electron chi connectivity index (χ4n) is 2.13. The third kappa shape index (κ3) is 1.87. The lowest BCUT2D eigenvalue weighted by Crippen LogP contribution is -2.09. The summed E-state index contributed by atoms with van der Waals surface area (Å²) in [4.78, 5) is 11.7. The van der Waals surface area contributed by atoms with E-state index >= 15 is 0 Å². The molecule has 2 nitrogen and oxygen atoms in total. The van der Waals surface area contributed by atoms with Gasteiger partial charge in [0.15, 0.2) is 0 Å². The van der Waals surface area contributed by atoms with Crippen LogP contribution < -0.4 is 0 Å². The highest BCUT2D eigenvalue weighted by molar-refractivity contribution is 5.92. The summed E-state index contributed by atoms with van der Waals surface area (Å²) in [6.07, 6.45) is 3.26. The van der Waals surface area contributed by atoms with Crippen molar-refractivity contribution in [1.29, 1.82) is 0 Å². The number of nitrogens with zero attached hydrogens (tertiary/aromatic N) is 1. The number of benzene rings is 1. The highest BCUT2D eigenvalue weighted by Gasteiger charge is 2.10. The van der Waals surface area contributed by atoms with Gasteiger partial charge < -0.3 is 0 Å². The molecule has 2 rings (SSSR count). The smallest absolute Gasteiger partial charge is 0.228 e. The summed E-state index contributed by atoms with van der Waals surface area (Å²) < 4.78 is 1.84. The Kier molecular flexibility index (Phi) is 3.09. The third-order valence-corrected chi connectivity index (χ3v) is 2.89. The van der Waals surface area contributed by atoms with Gasteiger partial charge in [0.2, 0.25) is 5.91 Å². The monoisotopic (exact) mass is 215 g/mol. The van der Waals surface area contributed by atoms with E-state index in [0.29, 0.717) is 0 Å². The molecule has 1 heterocycles. The third-order valence-electron chi connectivity index (χ3n) is 2.89. The van der Waals surface area contributed by atoms with E-state index in [1.54, 1.807) is 6.92 Å². The quantitative estimate of drug-likeness (QED) is 0.766. The minimum Gasteiger partial charge on any atom is -0.284 e. The van der Waals surface area contributed by atoms with Crippen LogP contribution in [0.3, 0.4) is 0 Å². The number of aryl methyl sites for hydroxylation is 1. The maximum Gasteiger partial charge on any atom is 0.228 e. The second kappa shape index (κ2) is 4.52. The molecule has 1 aromatic carbocycles. The van der Waals surface area contributed by atoms with Gasteiger partial charge in [0.1, 0.15) is 0 Å². The van der Waals surface area contributed by atoms with Crippen LogP contribution in [0.25, 0.3) is 10.9 Å². The van der Waals surface area contributed by atoms with E-state index in [4.69, 9.17) is 0 Å². The van der Waals surface area contributed by atoms with E-state index in [9.17, 15) is 4.79 Å². The van der Waals surface area contributed by atoms with Gasteiger partial charge in [-0.1, -0.05) is 31.5 Å². The van der Waals surface area contributed by atoms with Gasteiger partial charge in [-0.2, -0.15) is 0 Å². The Balaban J connectivity index is 2.54. The second-order valence-electron chi connectivity index (χ2n) is 4.15. The fourth-order valence-corrected chi connectivity index (χ4v) is 2.13. The molecule has 2 aromatic rings. The summed E-state index contributed by atoms with van der Waals surface area (Å²) in [7, 11) is 0. The average Bonchev–Trinajstić information content (AvgIpc) is 2.64. The average molecular weight is 215 g/mol. The molecule has 0 amide bonds. The number of fused-ring (bicyclic) bond motifs is 1. The van der Waals surface area contributed by atoms with E-state index in [2.05, 4.69) is 19.1 Å². The van der Waals surface area contributed by atoms with Gasteiger partial charge in [-0.15, -0.1) is 0 Å². The van der Waals surface area contributed by atoms with Crippen molar-refractivity contribution in [2.24, 2.45) is 0 Å². The Hall–Kier alpha value is -1.57. The number of carbonyl (C=O) groups excluding carboxylic acids is 1. The normalized spacial score (nSPS) is 10.9. The maximum absolute atomic E-state index is 11.7. The SMILES string of the molecule is CCCCc1cc2ccccc2n1C(C)=O. The van der Waals surface area contributed by atoms with Gasteiger partial charge in [-0.3, -0.25) is 9.36 Å².